The minimum atomic E-state index is 0.309. The molecule has 4 nitrogen and oxygen atoms in total. The van der Waals surface area contributed by atoms with Gasteiger partial charge in [0, 0.05) is 24.8 Å². The van der Waals surface area contributed by atoms with Crippen molar-refractivity contribution in [3.8, 4) is 11.5 Å². The molecule has 2 rings (SSSR count). The Morgan fingerprint density at radius 1 is 0.960 bits per heavy atom. The first-order valence-corrected chi connectivity index (χ1v) is 8.94. The second-order valence-corrected chi connectivity index (χ2v) is 5.75. The number of ether oxygens (including phenoxy) is 3. The van der Waals surface area contributed by atoms with Crippen LogP contribution in [0.25, 0.3) is 0 Å². The van der Waals surface area contributed by atoms with Gasteiger partial charge in [0.15, 0.2) is 11.5 Å². The van der Waals surface area contributed by atoms with Crippen LogP contribution in [0.2, 0.25) is 0 Å². The molecule has 0 radical (unpaired) electrons. The van der Waals surface area contributed by atoms with Crippen LogP contribution in [0.15, 0.2) is 48.5 Å². The van der Waals surface area contributed by atoms with E-state index >= 15 is 0 Å². The average Bonchev–Trinajstić information content (AvgIpc) is 2.67. The van der Waals surface area contributed by atoms with Gasteiger partial charge in [0.2, 0.25) is 0 Å². The Bertz CT molecular complexity index is 616. The lowest BCUT2D eigenvalue weighted by molar-refractivity contribution is 0.108. The lowest BCUT2D eigenvalue weighted by atomic mass is 10.0. The zero-order valence-electron chi connectivity index (χ0n) is 15.5. The van der Waals surface area contributed by atoms with E-state index in [1.165, 1.54) is 5.56 Å². The molecule has 136 valence electrons. The molecule has 0 saturated heterocycles. The molecule has 0 fully saturated rings. The van der Waals surface area contributed by atoms with Gasteiger partial charge in [-0.3, -0.25) is 0 Å². The fourth-order valence-electron chi connectivity index (χ4n) is 2.79. The van der Waals surface area contributed by atoms with Gasteiger partial charge in [-0.15, -0.1) is 0 Å². The van der Waals surface area contributed by atoms with E-state index in [1.807, 2.05) is 25.1 Å². The fourth-order valence-corrected chi connectivity index (χ4v) is 2.79. The summed E-state index contributed by atoms with van der Waals surface area (Å²) in [6.45, 7) is 6.66. The molecular weight excluding hydrogens is 314 g/mol. The van der Waals surface area contributed by atoms with Crippen molar-refractivity contribution in [2.75, 3.05) is 26.9 Å². The Morgan fingerprint density at radius 2 is 1.76 bits per heavy atom. The van der Waals surface area contributed by atoms with Crippen molar-refractivity contribution in [1.82, 2.24) is 5.32 Å². The number of hydrogen-bond acceptors (Lipinski definition) is 4. The van der Waals surface area contributed by atoms with Gasteiger partial charge < -0.3 is 19.5 Å². The van der Waals surface area contributed by atoms with Gasteiger partial charge >= 0.3 is 0 Å². The summed E-state index contributed by atoms with van der Waals surface area (Å²) in [6, 6.07) is 16.8. The molecule has 0 aromatic heterocycles. The highest BCUT2D eigenvalue weighted by molar-refractivity contribution is 5.46. The van der Waals surface area contributed by atoms with Crippen LogP contribution >= 0.6 is 0 Å². The molecule has 0 aliphatic heterocycles. The van der Waals surface area contributed by atoms with Gasteiger partial charge in [-0.25, -0.2) is 0 Å². The summed E-state index contributed by atoms with van der Waals surface area (Å²) in [5.41, 5.74) is 2.39. The Hall–Kier alpha value is -2.04. The Balaban J connectivity index is 2.07. The van der Waals surface area contributed by atoms with E-state index in [1.54, 1.807) is 7.11 Å². The first-order valence-electron chi connectivity index (χ1n) is 8.94. The lowest BCUT2D eigenvalue weighted by Crippen LogP contribution is -2.21. The van der Waals surface area contributed by atoms with Crippen molar-refractivity contribution >= 4 is 0 Å². The quantitative estimate of drug-likeness (QED) is 0.616. The largest absolute Gasteiger partial charge is 0.493 e. The zero-order chi connectivity index (χ0) is 17.9. The highest BCUT2D eigenvalue weighted by atomic mass is 16.5. The summed E-state index contributed by atoms with van der Waals surface area (Å²) in [4.78, 5) is 0. The Kier molecular flexibility index (Phi) is 8.29. The molecule has 0 spiro atoms. The molecule has 0 saturated carbocycles. The van der Waals surface area contributed by atoms with Crippen molar-refractivity contribution in [3.63, 3.8) is 0 Å². The van der Waals surface area contributed by atoms with Crippen LogP contribution in [-0.2, 0) is 11.3 Å². The standard InChI is InChI=1S/C21H29NO3/c1-4-19(17-10-7-6-8-11-17)22-16-18-12-9-13-20(23-3)21(18)25-15-14-24-5-2/h6-13,19,22H,4-5,14-16H2,1-3H3. The SMILES string of the molecule is CCOCCOc1c(CNC(CC)c2ccccc2)cccc1OC. The number of hydrogen-bond donors (Lipinski definition) is 1. The zero-order valence-corrected chi connectivity index (χ0v) is 15.5. The molecule has 1 N–H and O–H groups in total. The molecule has 0 amide bonds. The third-order valence-electron chi connectivity index (χ3n) is 4.11. The monoisotopic (exact) mass is 343 g/mol. The van der Waals surface area contributed by atoms with E-state index in [0.717, 1.165) is 23.5 Å². The predicted octanol–water partition coefficient (Wildman–Crippen LogP) is 4.35. The minimum absolute atomic E-state index is 0.309. The summed E-state index contributed by atoms with van der Waals surface area (Å²) >= 11 is 0. The van der Waals surface area contributed by atoms with Gasteiger partial charge in [-0.2, -0.15) is 0 Å². The highest BCUT2D eigenvalue weighted by Gasteiger charge is 2.13. The van der Waals surface area contributed by atoms with Crippen LogP contribution < -0.4 is 14.8 Å². The third kappa shape index (κ3) is 5.76. The van der Waals surface area contributed by atoms with Crippen LogP contribution in [0.1, 0.15) is 37.4 Å². The van der Waals surface area contributed by atoms with Crippen LogP contribution in [0.5, 0.6) is 11.5 Å². The van der Waals surface area contributed by atoms with Crippen molar-refractivity contribution in [1.29, 1.82) is 0 Å². The smallest absolute Gasteiger partial charge is 0.165 e. The van der Waals surface area contributed by atoms with Crippen molar-refractivity contribution < 1.29 is 14.2 Å². The molecule has 0 heterocycles. The van der Waals surface area contributed by atoms with Gasteiger partial charge in [-0.05, 0) is 25.0 Å². The fraction of sp³-hybridized carbons (Fsp3) is 0.429. The molecular formula is C21H29NO3. The number of para-hydroxylation sites is 1. The maximum absolute atomic E-state index is 5.94. The summed E-state index contributed by atoms with van der Waals surface area (Å²) in [6.07, 6.45) is 1.02. The van der Waals surface area contributed by atoms with Crippen LogP contribution in [0.4, 0.5) is 0 Å². The van der Waals surface area contributed by atoms with Gasteiger partial charge in [0.1, 0.15) is 6.61 Å². The second kappa shape index (κ2) is 10.7. The topological polar surface area (TPSA) is 39.7 Å². The van der Waals surface area contributed by atoms with Crippen LogP contribution in [0.3, 0.4) is 0 Å². The number of nitrogens with one attached hydrogen (secondary N) is 1. The predicted molar refractivity (Wildman–Crippen MR) is 101 cm³/mol. The molecule has 0 aliphatic carbocycles. The van der Waals surface area contributed by atoms with E-state index in [-0.39, 0.29) is 0 Å². The normalized spacial score (nSPS) is 12.0. The summed E-state index contributed by atoms with van der Waals surface area (Å²) in [5, 5.41) is 3.63. The molecule has 4 heteroatoms. The van der Waals surface area contributed by atoms with Crippen LogP contribution in [0, 0.1) is 0 Å². The Labute approximate surface area is 151 Å². The summed E-state index contributed by atoms with van der Waals surface area (Å²) in [5.74, 6) is 1.55. The van der Waals surface area contributed by atoms with Gasteiger partial charge in [-0.1, -0.05) is 49.4 Å². The maximum Gasteiger partial charge on any atom is 0.165 e. The van der Waals surface area contributed by atoms with Crippen LogP contribution in [-0.4, -0.2) is 26.9 Å². The maximum atomic E-state index is 5.94. The molecule has 1 atom stereocenters. The number of methoxy groups -OCH3 is 1. The molecule has 0 bridgehead atoms. The molecule has 2 aromatic rings. The van der Waals surface area contributed by atoms with Gasteiger partial charge in [0.05, 0.1) is 13.7 Å². The first kappa shape index (κ1) is 19.3. The third-order valence-corrected chi connectivity index (χ3v) is 4.11. The Morgan fingerprint density at radius 3 is 2.44 bits per heavy atom. The summed E-state index contributed by atoms with van der Waals surface area (Å²) in [7, 11) is 1.67. The highest BCUT2D eigenvalue weighted by Crippen LogP contribution is 2.31. The average molecular weight is 343 g/mol. The summed E-state index contributed by atoms with van der Waals surface area (Å²) < 4.78 is 16.8. The second-order valence-electron chi connectivity index (χ2n) is 5.75. The molecule has 0 aliphatic rings. The molecule has 25 heavy (non-hydrogen) atoms. The molecule has 2 aromatic carbocycles. The number of rotatable bonds is 11. The van der Waals surface area contributed by atoms with E-state index in [2.05, 4.69) is 42.6 Å². The van der Waals surface area contributed by atoms with E-state index in [9.17, 15) is 0 Å². The van der Waals surface area contributed by atoms with Gasteiger partial charge in [0.25, 0.3) is 0 Å². The van der Waals surface area contributed by atoms with Crippen molar-refractivity contribution in [2.24, 2.45) is 0 Å². The van der Waals surface area contributed by atoms with E-state index in [0.29, 0.717) is 32.4 Å². The minimum Gasteiger partial charge on any atom is -0.493 e. The van der Waals surface area contributed by atoms with E-state index in [4.69, 9.17) is 14.2 Å². The lowest BCUT2D eigenvalue weighted by Gasteiger charge is -2.20. The molecule has 1 unspecified atom stereocenters. The first-order chi connectivity index (χ1) is 12.3. The van der Waals surface area contributed by atoms with Crippen molar-refractivity contribution in [3.05, 3.63) is 59.7 Å². The van der Waals surface area contributed by atoms with E-state index < -0.39 is 0 Å². The van der Waals surface area contributed by atoms with Crippen molar-refractivity contribution in [2.45, 2.75) is 32.9 Å². The number of benzene rings is 2.